The predicted molar refractivity (Wildman–Crippen MR) is 113 cm³/mol. The number of hydrogen-bond donors (Lipinski definition) is 1. The van der Waals surface area contributed by atoms with Gasteiger partial charge in [0.2, 0.25) is 0 Å². The van der Waals surface area contributed by atoms with Crippen LogP contribution in [0, 0.1) is 0 Å². The highest BCUT2D eigenvalue weighted by Gasteiger charge is 2.17. The summed E-state index contributed by atoms with van der Waals surface area (Å²) in [4.78, 5) is 31.7. The molecule has 1 aliphatic rings. The predicted octanol–water partition coefficient (Wildman–Crippen LogP) is 3.49. The molecule has 29 heavy (non-hydrogen) atoms. The fourth-order valence-electron chi connectivity index (χ4n) is 3.29. The zero-order valence-corrected chi connectivity index (χ0v) is 16.2. The number of ether oxygens (including phenoxy) is 1. The Morgan fingerprint density at radius 3 is 2.79 bits per heavy atom. The maximum atomic E-state index is 12.6. The van der Waals surface area contributed by atoms with Crippen molar-refractivity contribution in [2.75, 3.05) is 36.5 Å². The highest BCUT2D eigenvalue weighted by Crippen LogP contribution is 2.31. The van der Waals surface area contributed by atoms with Gasteiger partial charge in [0, 0.05) is 24.8 Å². The second kappa shape index (κ2) is 7.31. The van der Waals surface area contributed by atoms with Crippen molar-refractivity contribution in [3.63, 3.8) is 0 Å². The molecule has 1 fully saturated rings. The molecule has 0 radical (unpaired) electrons. The number of para-hydroxylation sites is 1. The summed E-state index contributed by atoms with van der Waals surface area (Å²) in [5.74, 6) is -0.489. The van der Waals surface area contributed by atoms with Crippen LogP contribution in [-0.4, -0.2) is 37.2 Å². The zero-order valence-electron chi connectivity index (χ0n) is 15.4. The third-order valence-electron chi connectivity index (χ3n) is 4.78. The summed E-state index contributed by atoms with van der Waals surface area (Å²) in [6.45, 7) is 3.05. The van der Waals surface area contributed by atoms with Gasteiger partial charge in [-0.25, -0.2) is 4.98 Å². The van der Waals surface area contributed by atoms with Crippen LogP contribution in [0.1, 0.15) is 10.6 Å². The van der Waals surface area contributed by atoms with Crippen LogP contribution in [0.25, 0.3) is 21.2 Å². The first-order valence-corrected chi connectivity index (χ1v) is 10.1. The Labute approximate surface area is 169 Å². The number of fused-ring (bicyclic) bond motifs is 2. The molecule has 4 aromatic rings. The van der Waals surface area contributed by atoms with E-state index in [0.717, 1.165) is 28.4 Å². The molecule has 1 aliphatic heterocycles. The van der Waals surface area contributed by atoms with Crippen molar-refractivity contribution in [2.45, 2.75) is 0 Å². The second-order valence-corrected chi connectivity index (χ2v) is 7.71. The number of aromatic nitrogens is 1. The smallest absolute Gasteiger partial charge is 0.291 e. The molecule has 0 saturated carbocycles. The van der Waals surface area contributed by atoms with Gasteiger partial charge in [0.25, 0.3) is 5.91 Å². The fraction of sp³-hybridized carbons (Fsp3) is 0.190. The minimum Gasteiger partial charge on any atom is -0.451 e. The van der Waals surface area contributed by atoms with Crippen molar-refractivity contribution in [2.24, 2.45) is 0 Å². The van der Waals surface area contributed by atoms with E-state index >= 15 is 0 Å². The summed E-state index contributed by atoms with van der Waals surface area (Å²) in [5.41, 5.74) is 1.64. The Kier molecular flexibility index (Phi) is 4.49. The summed E-state index contributed by atoms with van der Waals surface area (Å²) in [6, 6.07) is 13.6. The fourth-order valence-corrected chi connectivity index (χ4v) is 4.35. The maximum Gasteiger partial charge on any atom is 0.291 e. The number of carbonyl (C=O) groups is 1. The highest BCUT2D eigenvalue weighted by molar-refractivity contribution is 7.22. The lowest BCUT2D eigenvalue weighted by atomic mass is 10.2. The number of thiazole rings is 1. The quantitative estimate of drug-likeness (QED) is 0.560. The van der Waals surface area contributed by atoms with Crippen LogP contribution < -0.4 is 15.6 Å². The number of benzene rings is 2. The molecular formula is C21H17N3O4S. The summed E-state index contributed by atoms with van der Waals surface area (Å²) in [6.07, 6.45) is 0. The first-order valence-electron chi connectivity index (χ1n) is 9.25. The van der Waals surface area contributed by atoms with Crippen molar-refractivity contribution in [1.82, 2.24) is 4.98 Å². The third-order valence-corrected chi connectivity index (χ3v) is 5.85. The summed E-state index contributed by atoms with van der Waals surface area (Å²) in [5, 5.41) is 4.21. The summed E-state index contributed by atoms with van der Waals surface area (Å²) in [7, 11) is 0. The number of nitrogens with zero attached hydrogens (tertiary/aromatic N) is 2. The van der Waals surface area contributed by atoms with Gasteiger partial charge in [-0.15, -0.1) is 0 Å². The number of rotatable bonds is 3. The van der Waals surface area contributed by atoms with Crippen molar-refractivity contribution in [1.29, 1.82) is 0 Å². The largest absolute Gasteiger partial charge is 0.451 e. The molecule has 7 nitrogen and oxygen atoms in total. The van der Waals surface area contributed by atoms with E-state index in [1.165, 1.54) is 6.07 Å². The van der Waals surface area contributed by atoms with E-state index in [4.69, 9.17) is 9.15 Å². The third kappa shape index (κ3) is 3.48. The molecule has 0 atom stereocenters. The first kappa shape index (κ1) is 17.8. The average Bonchev–Trinajstić information content (AvgIpc) is 3.18. The normalized spacial score (nSPS) is 14.4. The Morgan fingerprint density at radius 1 is 1.10 bits per heavy atom. The monoisotopic (exact) mass is 407 g/mol. The molecule has 0 aliphatic carbocycles. The molecule has 1 amide bonds. The summed E-state index contributed by atoms with van der Waals surface area (Å²) < 4.78 is 12.0. The average molecular weight is 407 g/mol. The van der Waals surface area contributed by atoms with E-state index in [-0.39, 0.29) is 11.2 Å². The molecule has 2 aromatic heterocycles. The molecule has 0 bridgehead atoms. The lowest BCUT2D eigenvalue weighted by Gasteiger charge is -2.25. The van der Waals surface area contributed by atoms with E-state index in [1.807, 2.05) is 12.1 Å². The maximum absolute atomic E-state index is 12.6. The van der Waals surface area contributed by atoms with Gasteiger partial charge >= 0.3 is 0 Å². The van der Waals surface area contributed by atoms with Gasteiger partial charge < -0.3 is 19.4 Å². The van der Waals surface area contributed by atoms with E-state index in [1.54, 1.807) is 41.7 Å². The first-order chi connectivity index (χ1) is 14.2. The molecule has 146 valence electrons. The Bertz CT molecular complexity index is 1270. The number of carbonyl (C=O) groups excluding carboxylic acids is 1. The lowest BCUT2D eigenvalue weighted by molar-refractivity contribution is 0.0997. The molecule has 1 N–H and O–H groups in total. The number of amides is 1. The molecule has 0 spiro atoms. The van der Waals surface area contributed by atoms with Crippen LogP contribution in [0.2, 0.25) is 0 Å². The van der Waals surface area contributed by atoms with Crippen molar-refractivity contribution >= 4 is 49.2 Å². The Hall–Kier alpha value is -3.23. The zero-order chi connectivity index (χ0) is 19.8. The minimum absolute atomic E-state index is 0.0212. The summed E-state index contributed by atoms with van der Waals surface area (Å²) >= 11 is 1.58. The highest BCUT2D eigenvalue weighted by atomic mass is 32.1. The number of hydrogen-bond acceptors (Lipinski definition) is 7. The molecule has 8 heteroatoms. The molecule has 1 saturated heterocycles. The van der Waals surface area contributed by atoms with Crippen molar-refractivity contribution in [3.8, 4) is 0 Å². The number of nitrogens with one attached hydrogen (secondary N) is 1. The minimum atomic E-state index is -0.467. The topological polar surface area (TPSA) is 84.7 Å². The van der Waals surface area contributed by atoms with Crippen LogP contribution in [-0.2, 0) is 4.74 Å². The van der Waals surface area contributed by atoms with Crippen LogP contribution in [0.15, 0.2) is 57.7 Å². The van der Waals surface area contributed by atoms with Gasteiger partial charge in [0.15, 0.2) is 16.3 Å². The van der Waals surface area contributed by atoms with Gasteiger partial charge in [-0.3, -0.25) is 9.59 Å². The van der Waals surface area contributed by atoms with Crippen LogP contribution in [0.4, 0.5) is 10.8 Å². The van der Waals surface area contributed by atoms with E-state index in [9.17, 15) is 9.59 Å². The van der Waals surface area contributed by atoms with Gasteiger partial charge in [-0.2, -0.15) is 0 Å². The van der Waals surface area contributed by atoms with Gasteiger partial charge in [0.1, 0.15) is 5.58 Å². The van der Waals surface area contributed by atoms with Crippen molar-refractivity contribution in [3.05, 3.63) is 64.5 Å². The standard InChI is InChI=1S/C21H17N3O4S/c25-16-12-18(28-17-4-2-1-3-14(16)17)20(26)22-13-5-6-15-19(11-13)29-21(23-15)24-7-9-27-10-8-24/h1-6,11-12H,7-10H2,(H,22,26). The Morgan fingerprint density at radius 2 is 1.93 bits per heavy atom. The molecule has 3 heterocycles. The lowest BCUT2D eigenvalue weighted by Crippen LogP contribution is -2.36. The van der Waals surface area contributed by atoms with E-state index in [0.29, 0.717) is 29.9 Å². The Balaban J connectivity index is 1.41. The molecule has 0 unspecified atom stereocenters. The molecule has 5 rings (SSSR count). The van der Waals surface area contributed by atoms with Gasteiger partial charge in [-0.1, -0.05) is 23.5 Å². The van der Waals surface area contributed by atoms with Gasteiger partial charge in [0.05, 0.1) is 28.8 Å². The van der Waals surface area contributed by atoms with E-state index < -0.39 is 5.91 Å². The van der Waals surface area contributed by atoms with Crippen LogP contribution in [0.5, 0.6) is 0 Å². The van der Waals surface area contributed by atoms with Crippen LogP contribution >= 0.6 is 11.3 Å². The SMILES string of the molecule is O=C(Nc1ccc2nc(N3CCOCC3)sc2c1)c1cc(=O)c2ccccc2o1. The number of anilines is 2. The second-order valence-electron chi connectivity index (χ2n) is 6.70. The van der Waals surface area contributed by atoms with Crippen LogP contribution in [0.3, 0.4) is 0 Å². The molecule has 2 aromatic carbocycles. The van der Waals surface area contributed by atoms with E-state index in [2.05, 4.69) is 15.2 Å². The molecular weight excluding hydrogens is 390 g/mol. The van der Waals surface area contributed by atoms with Gasteiger partial charge in [-0.05, 0) is 30.3 Å². The van der Waals surface area contributed by atoms with Crippen molar-refractivity contribution < 1.29 is 13.9 Å². The number of morpholine rings is 1.